The molecule has 0 saturated heterocycles. The molecule has 0 spiro atoms. The minimum absolute atomic E-state index is 0.205. The molecule has 4 nitrogen and oxygen atoms in total. The number of benzene rings is 1. The molecule has 6 heteroatoms. The fourth-order valence-corrected chi connectivity index (χ4v) is 2.18. The smallest absolute Gasteiger partial charge is 0.139 e. The van der Waals surface area contributed by atoms with E-state index in [0.29, 0.717) is 22.5 Å². The number of aromatic nitrogens is 2. The lowest BCUT2D eigenvalue weighted by molar-refractivity contribution is 0.776. The van der Waals surface area contributed by atoms with Crippen LogP contribution in [0.25, 0.3) is 0 Å². The Balaban J connectivity index is 2.45. The Kier molecular flexibility index (Phi) is 4.50. The summed E-state index contributed by atoms with van der Waals surface area (Å²) in [6.45, 7) is 5.94. The molecule has 0 unspecified atom stereocenters. The van der Waals surface area contributed by atoms with Gasteiger partial charge in [0.1, 0.15) is 17.5 Å². The second-order valence-corrected chi connectivity index (χ2v) is 6.17. The summed E-state index contributed by atoms with van der Waals surface area (Å²) >= 11 is 9.61. The van der Waals surface area contributed by atoms with Crippen molar-refractivity contribution in [3.8, 4) is 0 Å². The number of anilines is 3. The lowest BCUT2D eigenvalue weighted by Crippen LogP contribution is -2.08. The van der Waals surface area contributed by atoms with Gasteiger partial charge in [-0.2, -0.15) is 0 Å². The zero-order valence-corrected chi connectivity index (χ0v) is 13.9. The van der Waals surface area contributed by atoms with Crippen LogP contribution in [0.3, 0.4) is 0 Å². The molecule has 1 aromatic heterocycles. The van der Waals surface area contributed by atoms with Crippen LogP contribution in [0.4, 0.5) is 17.3 Å². The summed E-state index contributed by atoms with van der Waals surface area (Å²) in [6, 6.07) is 5.60. The van der Waals surface area contributed by atoms with Crippen molar-refractivity contribution in [2.24, 2.45) is 0 Å². The summed E-state index contributed by atoms with van der Waals surface area (Å²) in [7, 11) is 0. The molecule has 0 saturated carbocycles. The summed E-state index contributed by atoms with van der Waals surface area (Å²) in [5.74, 6) is 2.08. The molecular weight excluding hydrogens is 340 g/mol. The predicted octanol–water partition coefficient (Wildman–Crippen LogP) is 4.65. The maximum atomic E-state index is 6.18. The van der Waals surface area contributed by atoms with Gasteiger partial charge in [0.25, 0.3) is 0 Å². The van der Waals surface area contributed by atoms with Crippen LogP contribution in [0.5, 0.6) is 0 Å². The molecule has 0 fully saturated rings. The molecule has 1 heterocycles. The highest BCUT2D eigenvalue weighted by Gasteiger charge is 2.12. The predicted molar refractivity (Wildman–Crippen MR) is 87.7 cm³/mol. The van der Waals surface area contributed by atoms with Crippen LogP contribution >= 0.6 is 27.5 Å². The largest absolute Gasteiger partial charge is 0.383 e. The van der Waals surface area contributed by atoms with Crippen molar-refractivity contribution in [1.82, 2.24) is 9.97 Å². The molecule has 0 bridgehead atoms. The number of nitrogens with one attached hydrogen (secondary N) is 1. The van der Waals surface area contributed by atoms with E-state index in [9.17, 15) is 0 Å². The van der Waals surface area contributed by atoms with Gasteiger partial charge in [-0.15, -0.1) is 0 Å². The van der Waals surface area contributed by atoms with E-state index in [4.69, 9.17) is 17.3 Å². The molecule has 2 aromatic rings. The first kappa shape index (κ1) is 15.1. The number of nitrogens with zero attached hydrogens (tertiary/aromatic N) is 2. The lowest BCUT2D eigenvalue weighted by Gasteiger charge is -2.14. The van der Waals surface area contributed by atoms with E-state index >= 15 is 0 Å². The summed E-state index contributed by atoms with van der Waals surface area (Å²) in [5.41, 5.74) is 7.53. The molecule has 1 aromatic carbocycles. The Hall–Kier alpha value is -1.33. The Morgan fingerprint density at radius 3 is 2.65 bits per heavy atom. The first-order valence-electron chi connectivity index (χ1n) is 6.24. The van der Waals surface area contributed by atoms with E-state index in [2.05, 4.69) is 31.2 Å². The first-order chi connectivity index (χ1) is 9.38. The molecule has 0 radical (unpaired) electrons. The van der Waals surface area contributed by atoms with Gasteiger partial charge < -0.3 is 11.1 Å². The Bertz CT molecular complexity index is 643. The zero-order chi connectivity index (χ0) is 14.9. The quantitative estimate of drug-likeness (QED) is 0.841. The van der Waals surface area contributed by atoms with Crippen molar-refractivity contribution >= 4 is 44.9 Å². The zero-order valence-electron chi connectivity index (χ0n) is 11.5. The number of rotatable bonds is 3. The molecule has 0 amide bonds. The van der Waals surface area contributed by atoms with E-state index in [1.807, 2.05) is 39.0 Å². The Labute approximate surface area is 131 Å². The number of halogens is 2. The molecule has 0 aliphatic heterocycles. The molecule has 2 rings (SSSR count). The maximum absolute atomic E-state index is 6.18. The van der Waals surface area contributed by atoms with Gasteiger partial charge >= 0.3 is 0 Å². The third-order valence-electron chi connectivity index (χ3n) is 2.90. The summed E-state index contributed by atoms with van der Waals surface area (Å²) < 4.78 is 0.938. The van der Waals surface area contributed by atoms with Crippen molar-refractivity contribution in [3.05, 3.63) is 39.1 Å². The van der Waals surface area contributed by atoms with E-state index in [0.717, 1.165) is 15.7 Å². The van der Waals surface area contributed by atoms with Crippen molar-refractivity contribution in [1.29, 1.82) is 0 Å². The van der Waals surface area contributed by atoms with Crippen molar-refractivity contribution in [3.63, 3.8) is 0 Å². The lowest BCUT2D eigenvalue weighted by atomic mass is 10.2. The molecule has 0 aliphatic rings. The monoisotopic (exact) mass is 354 g/mol. The molecule has 20 heavy (non-hydrogen) atoms. The van der Waals surface area contributed by atoms with Crippen LogP contribution < -0.4 is 11.1 Å². The molecule has 0 atom stereocenters. The summed E-state index contributed by atoms with van der Waals surface area (Å²) in [5, 5.41) is 3.85. The van der Waals surface area contributed by atoms with E-state index in [1.54, 1.807) is 0 Å². The average Bonchev–Trinajstić information content (AvgIpc) is 2.38. The number of nitrogen functional groups attached to an aromatic ring is 1. The Morgan fingerprint density at radius 2 is 2.00 bits per heavy atom. The van der Waals surface area contributed by atoms with Gasteiger partial charge in [0.05, 0.1) is 10.7 Å². The SMILES string of the molecule is Cc1c(N)nc(C(C)C)nc1Nc1cc(Br)ccc1Cl. The number of hydrogen-bond donors (Lipinski definition) is 2. The van der Waals surface area contributed by atoms with Crippen LogP contribution in [-0.2, 0) is 0 Å². The van der Waals surface area contributed by atoms with Crippen LogP contribution in [0.1, 0.15) is 31.2 Å². The van der Waals surface area contributed by atoms with Gasteiger partial charge in [-0.1, -0.05) is 41.4 Å². The highest BCUT2D eigenvalue weighted by atomic mass is 79.9. The first-order valence-corrected chi connectivity index (χ1v) is 7.41. The van der Waals surface area contributed by atoms with Gasteiger partial charge in [0.2, 0.25) is 0 Å². The second-order valence-electron chi connectivity index (χ2n) is 4.84. The fraction of sp³-hybridized carbons (Fsp3) is 0.286. The van der Waals surface area contributed by atoms with E-state index in [-0.39, 0.29) is 5.92 Å². The van der Waals surface area contributed by atoms with Crippen LogP contribution in [0.15, 0.2) is 22.7 Å². The molecule has 106 valence electrons. The Morgan fingerprint density at radius 1 is 1.30 bits per heavy atom. The van der Waals surface area contributed by atoms with Crippen molar-refractivity contribution in [2.75, 3.05) is 11.1 Å². The van der Waals surface area contributed by atoms with Gasteiger partial charge in [0.15, 0.2) is 0 Å². The molecule has 0 aliphatic carbocycles. The van der Waals surface area contributed by atoms with Crippen molar-refractivity contribution < 1.29 is 0 Å². The van der Waals surface area contributed by atoms with Crippen LogP contribution in [-0.4, -0.2) is 9.97 Å². The minimum Gasteiger partial charge on any atom is -0.383 e. The van der Waals surface area contributed by atoms with Gasteiger partial charge in [0, 0.05) is 16.0 Å². The van der Waals surface area contributed by atoms with Crippen LogP contribution in [0.2, 0.25) is 5.02 Å². The minimum atomic E-state index is 0.205. The van der Waals surface area contributed by atoms with Crippen LogP contribution in [0, 0.1) is 6.92 Å². The number of nitrogens with two attached hydrogens (primary N) is 1. The van der Waals surface area contributed by atoms with Gasteiger partial charge in [-0.25, -0.2) is 9.97 Å². The normalized spacial score (nSPS) is 10.9. The highest BCUT2D eigenvalue weighted by molar-refractivity contribution is 9.10. The third kappa shape index (κ3) is 3.22. The van der Waals surface area contributed by atoms with E-state index in [1.165, 1.54) is 0 Å². The topological polar surface area (TPSA) is 63.8 Å². The maximum Gasteiger partial charge on any atom is 0.139 e. The summed E-state index contributed by atoms with van der Waals surface area (Å²) in [6.07, 6.45) is 0. The van der Waals surface area contributed by atoms with Crippen molar-refractivity contribution in [2.45, 2.75) is 26.7 Å². The second kappa shape index (κ2) is 5.97. The molecular formula is C14H16BrClN4. The number of hydrogen-bond acceptors (Lipinski definition) is 4. The standard InChI is InChI=1S/C14H16BrClN4/c1-7(2)13-19-12(17)8(3)14(20-13)18-11-6-9(15)4-5-10(11)16/h4-7H,1-3H3,(H3,17,18,19,20). The third-order valence-corrected chi connectivity index (χ3v) is 3.72. The fourth-order valence-electron chi connectivity index (χ4n) is 1.65. The average molecular weight is 356 g/mol. The van der Waals surface area contributed by atoms with E-state index < -0.39 is 0 Å². The van der Waals surface area contributed by atoms with Gasteiger partial charge in [-0.3, -0.25) is 0 Å². The summed E-state index contributed by atoms with van der Waals surface area (Å²) in [4.78, 5) is 8.82. The molecule has 3 N–H and O–H groups in total. The highest BCUT2D eigenvalue weighted by Crippen LogP contribution is 2.30. The van der Waals surface area contributed by atoms with Gasteiger partial charge in [-0.05, 0) is 25.1 Å².